The molecule has 0 aliphatic carbocycles. The van der Waals surface area contributed by atoms with Gasteiger partial charge >= 0.3 is 6.09 Å². The van der Waals surface area contributed by atoms with Crippen LogP contribution in [0, 0.1) is 0 Å². The van der Waals surface area contributed by atoms with Gasteiger partial charge in [0, 0.05) is 18.5 Å². The molecule has 180 valence electrons. The number of pyridine rings is 1. The number of hydrogen-bond donors (Lipinski definition) is 2. The average Bonchev–Trinajstić information content (AvgIpc) is 2.78. The molecule has 1 saturated heterocycles. The van der Waals surface area contributed by atoms with Crippen molar-refractivity contribution in [3.63, 3.8) is 0 Å². The van der Waals surface area contributed by atoms with Gasteiger partial charge in [0.25, 0.3) is 5.56 Å². The van der Waals surface area contributed by atoms with E-state index in [-0.39, 0.29) is 16.8 Å². The van der Waals surface area contributed by atoms with Gasteiger partial charge in [0.15, 0.2) is 0 Å². The number of aromatic nitrogens is 3. The van der Waals surface area contributed by atoms with Crippen molar-refractivity contribution in [2.45, 2.75) is 45.1 Å². The third-order valence-electron chi connectivity index (χ3n) is 5.71. The third kappa shape index (κ3) is 5.25. The molecule has 0 unspecified atom stereocenters. The highest BCUT2D eigenvalue weighted by molar-refractivity contribution is 6.30. The Morgan fingerprint density at radius 3 is 2.65 bits per heavy atom. The second kappa shape index (κ2) is 9.50. The molecule has 1 aromatic carbocycles. The molecule has 9 nitrogen and oxygen atoms in total. The number of nitrogens with zero attached hydrogens (tertiary/aromatic N) is 3. The van der Waals surface area contributed by atoms with Gasteiger partial charge in [-0.2, -0.15) is 5.10 Å². The van der Waals surface area contributed by atoms with Gasteiger partial charge in [0.1, 0.15) is 22.3 Å². The minimum absolute atomic E-state index is 0.245. The van der Waals surface area contributed by atoms with Crippen LogP contribution in [0.4, 0.5) is 16.3 Å². The van der Waals surface area contributed by atoms with E-state index in [2.05, 4.69) is 20.5 Å². The lowest BCUT2D eigenvalue weighted by Gasteiger charge is -2.33. The average molecular weight is 486 g/mol. The predicted molar refractivity (Wildman–Crippen MR) is 131 cm³/mol. The molecule has 4 rings (SSSR count). The van der Waals surface area contributed by atoms with E-state index in [4.69, 9.17) is 21.1 Å². The van der Waals surface area contributed by atoms with Crippen molar-refractivity contribution in [1.82, 2.24) is 20.1 Å². The van der Waals surface area contributed by atoms with Crippen LogP contribution in [0.15, 0.2) is 35.3 Å². The van der Waals surface area contributed by atoms with Crippen molar-refractivity contribution in [2.75, 3.05) is 25.5 Å². The monoisotopic (exact) mass is 485 g/mol. The van der Waals surface area contributed by atoms with Crippen molar-refractivity contribution in [3.8, 4) is 5.75 Å². The Labute approximate surface area is 202 Å². The predicted octanol–water partition coefficient (Wildman–Crippen LogP) is 4.84. The van der Waals surface area contributed by atoms with E-state index < -0.39 is 5.60 Å². The fraction of sp³-hybridized carbons (Fsp3) is 0.417. The number of nitrogens with one attached hydrogen (secondary N) is 2. The maximum atomic E-state index is 12.4. The summed E-state index contributed by atoms with van der Waals surface area (Å²) in [5.41, 5.74) is 0.910. The summed E-state index contributed by atoms with van der Waals surface area (Å²) < 4.78 is 11.1. The van der Waals surface area contributed by atoms with Crippen LogP contribution in [-0.4, -0.2) is 52.0 Å². The number of methoxy groups -OCH3 is 1. The molecule has 0 saturated carbocycles. The molecule has 2 N–H and O–H groups in total. The summed E-state index contributed by atoms with van der Waals surface area (Å²) >= 11 is 6.15. The van der Waals surface area contributed by atoms with Gasteiger partial charge < -0.3 is 19.7 Å². The first-order valence-corrected chi connectivity index (χ1v) is 11.5. The van der Waals surface area contributed by atoms with Crippen LogP contribution in [0.25, 0.3) is 10.8 Å². The van der Waals surface area contributed by atoms with Gasteiger partial charge in [-0.1, -0.05) is 17.7 Å². The van der Waals surface area contributed by atoms with E-state index in [1.165, 1.54) is 6.20 Å². The van der Waals surface area contributed by atoms with Gasteiger partial charge in [-0.15, -0.1) is 0 Å². The number of hydrogen-bond acceptors (Lipinski definition) is 7. The van der Waals surface area contributed by atoms with Gasteiger partial charge in [0.2, 0.25) is 0 Å². The fourth-order valence-corrected chi connectivity index (χ4v) is 4.30. The van der Waals surface area contributed by atoms with Crippen molar-refractivity contribution >= 4 is 40.0 Å². The number of H-pyrrole nitrogens is 1. The third-order valence-corrected chi connectivity index (χ3v) is 5.91. The highest BCUT2D eigenvalue weighted by Gasteiger charge is 2.28. The van der Waals surface area contributed by atoms with Gasteiger partial charge in [-0.05, 0) is 63.3 Å². The molecule has 0 atom stereocenters. The lowest BCUT2D eigenvalue weighted by molar-refractivity contribution is 0.0205. The van der Waals surface area contributed by atoms with Crippen molar-refractivity contribution in [2.24, 2.45) is 0 Å². The Hall–Kier alpha value is -3.33. The van der Waals surface area contributed by atoms with Crippen LogP contribution in [0.5, 0.6) is 5.75 Å². The molecule has 1 aliphatic rings. The number of anilines is 2. The number of benzene rings is 1. The summed E-state index contributed by atoms with van der Waals surface area (Å²) in [6.07, 6.45) is 2.92. The molecule has 1 aliphatic heterocycles. The van der Waals surface area contributed by atoms with E-state index in [9.17, 15) is 9.59 Å². The molecular weight excluding hydrogens is 458 g/mol. The first-order valence-electron chi connectivity index (χ1n) is 11.1. The second-order valence-corrected chi connectivity index (χ2v) is 9.67. The number of fused-ring (bicyclic) bond motifs is 1. The zero-order valence-electron chi connectivity index (χ0n) is 19.6. The Bertz CT molecular complexity index is 1260. The zero-order valence-corrected chi connectivity index (χ0v) is 20.4. The lowest BCUT2D eigenvalue weighted by Crippen LogP contribution is -2.41. The largest absolute Gasteiger partial charge is 0.495 e. The van der Waals surface area contributed by atoms with Crippen LogP contribution in [0.3, 0.4) is 0 Å². The number of aromatic amines is 1. The Morgan fingerprint density at radius 2 is 1.97 bits per heavy atom. The number of carbonyl (C=O) groups excluding carboxylic acids is 1. The standard InChI is InChI=1S/C24H28ClN5O4/c1-24(2,3)34-23(32)30-9-7-14(8-10-30)15-5-6-17(18(11-15)33-4)27-21-20-16(12-19(25)28-21)13-26-29-22(20)31/h5-6,11-14H,7-10H2,1-4H3,(H,27,28)(H,29,31). The molecule has 1 amide bonds. The Kier molecular flexibility index (Phi) is 6.65. The van der Waals surface area contributed by atoms with Gasteiger partial charge in [-0.25, -0.2) is 14.9 Å². The summed E-state index contributed by atoms with van der Waals surface area (Å²) in [6, 6.07) is 7.50. The highest BCUT2D eigenvalue weighted by atomic mass is 35.5. The van der Waals surface area contributed by atoms with E-state index >= 15 is 0 Å². The number of piperidine rings is 1. The molecule has 0 bridgehead atoms. The van der Waals surface area contributed by atoms with Crippen LogP contribution < -0.4 is 15.6 Å². The SMILES string of the molecule is COc1cc(C2CCN(C(=O)OC(C)(C)C)CC2)ccc1Nc1nc(Cl)cc2cn[nH]c(=O)c12. The maximum absolute atomic E-state index is 12.4. The molecular formula is C24H28ClN5O4. The summed E-state index contributed by atoms with van der Waals surface area (Å²) in [5, 5.41) is 10.6. The van der Waals surface area contributed by atoms with Crippen molar-refractivity contribution in [1.29, 1.82) is 0 Å². The molecule has 1 fully saturated rings. The molecule has 34 heavy (non-hydrogen) atoms. The Balaban J connectivity index is 1.52. The normalized spacial score (nSPS) is 14.8. The van der Waals surface area contributed by atoms with E-state index in [0.717, 1.165) is 18.4 Å². The lowest BCUT2D eigenvalue weighted by atomic mass is 9.89. The number of likely N-dealkylation sites (tertiary alicyclic amines) is 1. The minimum atomic E-state index is -0.505. The van der Waals surface area contributed by atoms with Crippen molar-refractivity contribution < 1.29 is 14.3 Å². The molecule has 0 radical (unpaired) electrons. The van der Waals surface area contributed by atoms with Crippen LogP contribution in [0.2, 0.25) is 5.15 Å². The maximum Gasteiger partial charge on any atom is 0.410 e. The number of ether oxygens (including phenoxy) is 2. The van der Waals surface area contributed by atoms with Gasteiger partial charge in [0.05, 0.1) is 24.4 Å². The van der Waals surface area contributed by atoms with Gasteiger partial charge in [-0.3, -0.25) is 4.79 Å². The number of amides is 1. The molecule has 3 aromatic rings. The number of carbonyl (C=O) groups is 1. The first kappa shape index (κ1) is 23.8. The molecule has 2 aromatic heterocycles. The Morgan fingerprint density at radius 1 is 1.24 bits per heavy atom. The smallest absolute Gasteiger partial charge is 0.410 e. The molecule has 0 spiro atoms. The minimum Gasteiger partial charge on any atom is -0.495 e. The van der Waals surface area contributed by atoms with Crippen LogP contribution >= 0.6 is 11.6 Å². The van der Waals surface area contributed by atoms with Crippen LogP contribution in [0.1, 0.15) is 45.1 Å². The van der Waals surface area contributed by atoms with Crippen molar-refractivity contribution in [3.05, 3.63) is 51.5 Å². The quantitative estimate of drug-likeness (QED) is 0.509. The summed E-state index contributed by atoms with van der Waals surface area (Å²) in [4.78, 5) is 30.8. The topological polar surface area (TPSA) is 109 Å². The number of rotatable bonds is 4. The van der Waals surface area contributed by atoms with E-state index in [0.29, 0.717) is 47.0 Å². The summed E-state index contributed by atoms with van der Waals surface area (Å²) in [5.74, 6) is 1.23. The second-order valence-electron chi connectivity index (χ2n) is 9.28. The molecule has 10 heteroatoms. The van der Waals surface area contributed by atoms with E-state index in [1.54, 1.807) is 18.1 Å². The van der Waals surface area contributed by atoms with E-state index in [1.807, 2.05) is 39.0 Å². The summed E-state index contributed by atoms with van der Waals surface area (Å²) in [7, 11) is 1.59. The highest BCUT2D eigenvalue weighted by Crippen LogP contribution is 2.36. The summed E-state index contributed by atoms with van der Waals surface area (Å²) in [6.45, 7) is 6.88. The molecule has 3 heterocycles. The zero-order chi connectivity index (χ0) is 24.5. The van der Waals surface area contributed by atoms with Crippen LogP contribution in [-0.2, 0) is 4.74 Å². The fourth-order valence-electron chi connectivity index (χ4n) is 4.09. The number of halogens is 1. The first-order chi connectivity index (χ1) is 16.1.